The fourth-order valence-electron chi connectivity index (χ4n) is 1.18. The molecular formula is C8H15N2+. The van der Waals surface area contributed by atoms with Crippen LogP contribution in [0.4, 0.5) is 0 Å². The van der Waals surface area contributed by atoms with Crippen molar-refractivity contribution in [1.29, 1.82) is 0 Å². The Kier molecular flexibility index (Phi) is 1.90. The zero-order valence-electron chi connectivity index (χ0n) is 6.96. The lowest BCUT2D eigenvalue weighted by Crippen LogP contribution is -2.41. The lowest BCUT2D eigenvalue weighted by Gasteiger charge is -2.30. The summed E-state index contributed by atoms with van der Waals surface area (Å²) in [6.45, 7) is 3.20. The molecule has 0 amide bonds. The normalized spacial score (nSPS) is 22.5. The lowest BCUT2D eigenvalue weighted by atomic mass is 10.2. The second-order valence-corrected chi connectivity index (χ2v) is 3.17. The van der Waals surface area contributed by atoms with Crippen molar-refractivity contribution in [3.63, 3.8) is 0 Å². The third-order valence-corrected chi connectivity index (χ3v) is 2.01. The predicted octanol–water partition coefficient (Wildman–Crippen LogP) is 1.40. The van der Waals surface area contributed by atoms with Gasteiger partial charge in [-0.05, 0) is 0 Å². The summed E-state index contributed by atoms with van der Waals surface area (Å²) in [6, 6.07) is 0. The maximum atomic E-state index is 4.12. The van der Waals surface area contributed by atoms with E-state index in [0.29, 0.717) is 0 Å². The Bertz CT molecular complexity index is 178. The average molecular weight is 139 g/mol. The molecule has 56 valence electrons. The SMILES string of the molecule is CCC1=CN=CC[N+]1(C)C. The molecule has 0 spiro atoms. The lowest BCUT2D eigenvalue weighted by molar-refractivity contribution is -0.844. The van der Waals surface area contributed by atoms with Crippen LogP contribution in [0, 0.1) is 0 Å². The summed E-state index contributed by atoms with van der Waals surface area (Å²) in [5, 5.41) is 0. The molecular weight excluding hydrogens is 124 g/mol. The summed E-state index contributed by atoms with van der Waals surface area (Å²) in [7, 11) is 4.42. The molecule has 0 unspecified atom stereocenters. The molecule has 0 aliphatic carbocycles. The summed E-state index contributed by atoms with van der Waals surface area (Å²) < 4.78 is 0.972. The Hall–Kier alpha value is -0.630. The number of quaternary nitrogens is 1. The van der Waals surface area contributed by atoms with E-state index in [4.69, 9.17) is 0 Å². The second-order valence-electron chi connectivity index (χ2n) is 3.17. The number of aliphatic imine (C=N–C) groups is 1. The summed E-state index contributed by atoms with van der Waals surface area (Å²) in [5.74, 6) is 0. The minimum absolute atomic E-state index is 0.972. The maximum Gasteiger partial charge on any atom is 0.127 e. The van der Waals surface area contributed by atoms with E-state index in [0.717, 1.165) is 17.4 Å². The summed E-state index contributed by atoms with van der Waals surface area (Å²) in [5.41, 5.74) is 1.41. The van der Waals surface area contributed by atoms with Crippen LogP contribution in [0.5, 0.6) is 0 Å². The van der Waals surface area contributed by atoms with Gasteiger partial charge in [0.05, 0.1) is 26.5 Å². The van der Waals surface area contributed by atoms with E-state index in [1.54, 1.807) is 0 Å². The van der Waals surface area contributed by atoms with Crippen LogP contribution in [0.25, 0.3) is 0 Å². The van der Waals surface area contributed by atoms with Crippen LogP contribution in [-0.4, -0.2) is 31.3 Å². The Labute approximate surface area is 62.5 Å². The molecule has 2 nitrogen and oxygen atoms in total. The van der Waals surface area contributed by atoms with E-state index in [2.05, 4.69) is 26.0 Å². The number of rotatable bonds is 1. The molecule has 0 N–H and O–H groups in total. The zero-order valence-corrected chi connectivity index (χ0v) is 6.96. The van der Waals surface area contributed by atoms with Gasteiger partial charge in [0.1, 0.15) is 12.2 Å². The van der Waals surface area contributed by atoms with Gasteiger partial charge in [-0.3, -0.25) is 9.48 Å². The van der Waals surface area contributed by atoms with E-state index < -0.39 is 0 Å². The van der Waals surface area contributed by atoms with Crippen molar-refractivity contribution >= 4 is 6.21 Å². The molecule has 1 aliphatic rings. The van der Waals surface area contributed by atoms with Crippen LogP contribution in [-0.2, 0) is 0 Å². The number of hydrogen-bond donors (Lipinski definition) is 0. The topological polar surface area (TPSA) is 12.4 Å². The predicted molar refractivity (Wildman–Crippen MR) is 43.8 cm³/mol. The monoisotopic (exact) mass is 139 g/mol. The number of allylic oxidation sites excluding steroid dienone is 1. The van der Waals surface area contributed by atoms with Gasteiger partial charge in [0, 0.05) is 6.42 Å². The molecule has 1 rings (SSSR count). The quantitative estimate of drug-likeness (QED) is 0.487. The van der Waals surface area contributed by atoms with Crippen LogP contribution in [0.15, 0.2) is 16.9 Å². The van der Waals surface area contributed by atoms with E-state index in [9.17, 15) is 0 Å². The van der Waals surface area contributed by atoms with Gasteiger partial charge >= 0.3 is 0 Å². The van der Waals surface area contributed by atoms with Gasteiger partial charge < -0.3 is 0 Å². The first kappa shape index (κ1) is 7.48. The van der Waals surface area contributed by atoms with E-state index in [1.165, 1.54) is 5.70 Å². The highest BCUT2D eigenvalue weighted by Crippen LogP contribution is 2.16. The fraction of sp³-hybridized carbons (Fsp3) is 0.625. The Morgan fingerprint density at radius 1 is 1.60 bits per heavy atom. The zero-order chi connectivity index (χ0) is 7.61. The molecule has 10 heavy (non-hydrogen) atoms. The van der Waals surface area contributed by atoms with E-state index in [-0.39, 0.29) is 0 Å². The van der Waals surface area contributed by atoms with E-state index >= 15 is 0 Å². The van der Waals surface area contributed by atoms with Crippen LogP contribution < -0.4 is 0 Å². The Morgan fingerprint density at radius 3 is 2.70 bits per heavy atom. The third kappa shape index (κ3) is 1.27. The van der Waals surface area contributed by atoms with Gasteiger partial charge in [-0.15, -0.1) is 0 Å². The molecule has 1 heterocycles. The van der Waals surface area contributed by atoms with Gasteiger partial charge in [0.2, 0.25) is 0 Å². The molecule has 0 atom stereocenters. The van der Waals surface area contributed by atoms with Crippen molar-refractivity contribution in [3.05, 3.63) is 11.9 Å². The highest BCUT2D eigenvalue weighted by molar-refractivity contribution is 5.60. The van der Waals surface area contributed by atoms with E-state index in [1.807, 2.05) is 12.4 Å². The average Bonchev–Trinajstić information content (AvgIpc) is 1.87. The first-order chi connectivity index (χ1) is 4.67. The molecule has 0 radical (unpaired) electrons. The number of hydrogen-bond acceptors (Lipinski definition) is 1. The van der Waals surface area contributed by atoms with Crippen LogP contribution in [0.3, 0.4) is 0 Å². The van der Waals surface area contributed by atoms with Crippen LogP contribution in [0.2, 0.25) is 0 Å². The second kappa shape index (κ2) is 2.54. The van der Waals surface area contributed by atoms with Crippen molar-refractivity contribution in [1.82, 2.24) is 0 Å². The number of nitrogens with zero attached hydrogens (tertiary/aromatic N) is 2. The smallest absolute Gasteiger partial charge is 0.127 e. The Morgan fingerprint density at radius 2 is 2.30 bits per heavy atom. The summed E-state index contributed by atoms with van der Waals surface area (Å²) in [4.78, 5) is 4.12. The van der Waals surface area contributed by atoms with Crippen LogP contribution in [0.1, 0.15) is 13.3 Å². The van der Waals surface area contributed by atoms with Crippen LogP contribution >= 0.6 is 0 Å². The molecule has 0 aromatic heterocycles. The third-order valence-electron chi connectivity index (χ3n) is 2.01. The first-order valence-corrected chi connectivity index (χ1v) is 3.71. The maximum absolute atomic E-state index is 4.12. The first-order valence-electron chi connectivity index (χ1n) is 3.71. The van der Waals surface area contributed by atoms with Gasteiger partial charge in [-0.2, -0.15) is 0 Å². The molecule has 0 saturated carbocycles. The van der Waals surface area contributed by atoms with Crippen molar-refractivity contribution in [2.75, 3.05) is 20.6 Å². The minimum Gasteiger partial charge on any atom is -0.294 e. The molecule has 0 saturated heterocycles. The molecule has 0 bridgehead atoms. The van der Waals surface area contributed by atoms with Crippen molar-refractivity contribution < 1.29 is 4.48 Å². The highest BCUT2D eigenvalue weighted by atomic mass is 15.3. The highest BCUT2D eigenvalue weighted by Gasteiger charge is 2.20. The standard InChI is InChI=1S/C8H15N2/c1-4-8-7-9-5-6-10(8,2)3/h5,7H,4,6H2,1-3H3/q+1. The minimum atomic E-state index is 0.972. The molecule has 0 aromatic rings. The molecule has 0 fully saturated rings. The van der Waals surface area contributed by atoms with Gasteiger partial charge in [-0.25, -0.2) is 0 Å². The van der Waals surface area contributed by atoms with Gasteiger partial charge in [0.25, 0.3) is 0 Å². The van der Waals surface area contributed by atoms with Crippen molar-refractivity contribution in [2.45, 2.75) is 13.3 Å². The Balaban J connectivity index is 2.81. The van der Waals surface area contributed by atoms with Crippen molar-refractivity contribution in [2.24, 2.45) is 4.99 Å². The fourth-order valence-corrected chi connectivity index (χ4v) is 1.18. The summed E-state index contributed by atoms with van der Waals surface area (Å²) >= 11 is 0. The molecule has 0 aromatic carbocycles. The largest absolute Gasteiger partial charge is 0.294 e. The molecule has 1 aliphatic heterocycles. The van der Waals surface area contributed by atoms with Crippen molar-refractivity contribution in [3.8, 4) is 0 Å². The van der Waals surface area contributed by atoms with Gasteiger partial charge in [-0.1, -0.05) is 6.92 Å². The molecule has 2 heteroatoms. The van der Waals surface area contributed by atoms with Gasteiger partial charge in [0.15, 0.2) is 0 Å². The summed E-state index contributed by atoms with van der Waals surface area (Å²) in [6.07, 6.45) is 5.05.